The first-order valence-electron chi connectivity index (χ1n) is 6.88. The van der Waals surface area contributed by atoms with E-state index in [9.17, 15) is 0 Å². The number of hydrogen-bond donors (Lipinski definition) is 0. The lowest BCUT2D eigenvalue weighted by molar-refractivity contribution is 0.660. The second kappa shape index (κ2) is 5.03. The SMILES string of the molecule is C#Cc1ccc2c(c1)C(C)(C)c1cc(C#CSC)ccc1-2. The minimum absolute atomic E-state index is 0.0332. The Morgan fingerprint density at radius 2 is 1.52 bits per heavy atom. The minimum atomic E-state index is -0.0332. The van der Waals surface area contributed by atoms with Crippen LogP contribution in [0.5, 0.6) is 0 Å². The fourth-order valence-electron chi connectivity index (χ4n) is 3.02. The van der Waals surface area contributed by atoms with Gasteiger partial charge in [-0.1, -0.05) is 49.6 Å². The van der Waals surface area contributed by atoms with Crippen molar-refractivity contribution in [1.82, 2.24) is 0 Å². The molecule has 0 aliphatic heterocycles. The molecule has 0 aromatic heterocycles. The third-order valence-corrected chi connectivity index (χ3v) is 4.45. The maximum Gasteiger partial charge on any atom is 0.0257 e. The highest BCUT2D eigenvalue weighted by molar-refractivity contribution is 8.03. The summed E-state index contributed by atoms with van der Waals surface area (Å²) in [5.74, 6) is 5.93. The summed E-state index contributed by atoms with van der Waals surface area (Å²) in [5.41, 5.74) is 7.21. The van der Waals surface area contributed by atoms with Crippen LogP contribution in [0.25, 0.3) is 11.1 Å². The zero-order chi connectivity index (χ0) is 15.0. The van der Waals surface area contributed by atoms with Gasteiger partial charge in [0, 0.05) is 16.5 Å². The van der Waals surface area contributed by atoms with Crippen molar-refractivity contribution in [3.8, 4) is 34.6 Å². The number of terminal acetylenes is 1. The van der Waals surface area contributed by atoms with E-state index < -0.39 is 0 Å². The predicted molar refractivity (Wildman–Crippen MR) is 92.3 cm³/mol. The Hall–Kier alpha value is -2.09. The average molecular weight is 288 g/mol. The molecule has 2 aromatic carbocycles. The first-order chi connectivity index (χ1) is 10.1. The topological polar surface area (TPSA) is 0 Å². The van der Waals surface area contributed by atoms with Gasteiger partial charge in [-0.2, -0.15) is 0 Å². The smallest absolute Gasteiger partial charge is 0.0257 e. The molecule has 0 nitrogen and oxygen atoms in total. The summed E-state index contributed by atoms with van der Waals surface area (Å²) in [6, 6.07) is 12.8. The van der Waals surface area contributed by atoms with Crippen LogP contribution in [0.15, 0.2) is 36.4 Å². The van der Waals surface area contributed by atoms with Gasteiger partial charge < -0.3 is 0 Å². The third kappa shape index (κ3) is 2.15. The quantitative estimate of drug-likeness (QED) is 0.636. The van der Waals surface area contributed by atoms with Crippen LogP contribution in [0, 0.1) is 23.5 Å². The second-order valence-corrected chi connectivity index (χ2v) is 6.33. The van der Waals surface area contributed by atoms with Crippen LogP contribution in [0.1, 0.15) is 36.1 Å². The van der Waals surface area contributed by atoms with Gasteiger partial charge in [0.2, 0.25) is 0 Å². The Morgan fingerprint density at radius 3 is 2.10 bits per heavy atom. The maximum absolute atomic E-state index is 5.55. The van der Waals surface area contributed by atoms with Gasteiger partial charge in [0.15, 0.2) is 0 Å². The van der Waals surface area contributed by atoms with Crippen LogP contribution in [0.3, 0.4) is 0 Å². The molecule has 2 aromatic rings. The zero-order valence-corrected chi connectivity index (χ0v) is 13.3. The summed E-state index contributed by atoms with van der Waals surface area (Å²) in [5, 5.41) is 3.06. The Balaban J connectivity index is 2.21. The first-order valence-corrected chi connectivity index (χ1v) is 8.10. The number of benzene rings is 2. The summed E-state index contributed by atoms with van der Waals surface area (Å²) in [7, 11) is 0. The molecule has 0 atom stereocenters. The number of hydrogen-bond acceptors (Lipinski definition) is 1. The van der Waals surface area contributed by atoms with E-state index in [1.807, 2.05) is 12.3 Å². The molecule has 1 heteroatoms. The lowest BCUT2D eigenvalue weighted by Crippen LogP contribution is -2.15. The molecule has 0 heterocycles. The summed E-state index contributed by atoms with van der Waals surface area (Å²) >= 11 is 1.54. The summed E-state index contributed by atoms with van der Waals surface area (Å²) < 4.78 is 0. The zero-order valence-electron chi connectivity index (χ0n) is 12.4. The molecule has 0 amide bonds. The molecule has 102 valence electrons. The van der Waals surface area contributed by atoms with Crippen LogP contribution < -0.4 is 0 Å². The molecule has 0 spiro atoms. The number of thioether (sulfide) groups is 1. The first kappa shape index (κ1) is 13.9. The van der Waals surface area contributed by atoms with Crippen molar-refractivity contribution in [2.75, 3.05) is 6.26 Å². The molecule has 0 saturated heterocycles. The van der Waals surface area contributed by atoms with Crippen molar-refractivity contribution in [2.45, 2.75) is 19.3 Å². The molecular weight excluding hydrogens is 272 g/mol. The summed E-state index contributed by atoms with van der Waals surface area (Å²) in [6.45, 7) is 4.51. The van der Waals surface area contributed by atoms with Crippen molar-refractivity contribution in [3.63, 3.8) is 0 Å². The number of fused-ring (bicyclic) bond motifs is 3. The van der Waals surface area contributed by atoms with Gasteiger partial charge in [-0.3, -0.25) is 0 Å². The molecule has 0 bridgehead atoms. The molecule has 0 unspecified atom stereocenters. The van der Waals surface area contributed by atoms with Gasteiger partial charge in [0.05, 0.1) is 0 Å². The van der Waals surface area contributed by atoms with E-state index in [4.69, 9.17) is 6.42 Å². The molecule has 21 heavy (non-hydrogen) atoms. The normalized spacial score (nSPS) is 13.6. The van der Waals surface area contributed by atoms with Crippen molar-refractivity contribution >= 4 is 11.8 Å². The lowest BCUT2D eigenvalue weighted by atomic mass is 9.81. The minimum Gasteiger partial charge on any atom is -0.115 e. The summed E-state index contributed by atoms with van der Waals surface area (Å²) in [6.07, 6.45) is 7.53. The maximum atomic E-state index is 5.55. The van der Waals surface area contributed by atoms with E-state index in [1.54, 1.807) is 0 Å². The Kier molecular flexibility index (Phi) is 3.32. The molecule has 3 rings (SSSR count). The van der Waals surface area contributed by atoms with Crippen LogP contribution in [-0.4, -0.2) is 6.26 Å². The van der Waals surface area contributed by atoms with Gasteiger partial charge in [-0.25, -0.2) is 0 Å². The Labute approximate surface area is 131 Å². The van der Waals surface area contributed by atoms with Crippen molar-refractivity contribution < 1.29 is 0 Å². The highest BCUT2D eigenvalue weighted by Gasteiger charge is 2.35. The predicted octanol–water partition coefficient (Wildman–Crippen LogP) is 4.65. The van der Waals surface area contributed by atoms with Crippen LogP contribution >= 0.6 is 11.8 Å². The van der Waals surface area contributed by atoms with Crippen molar-refractivity contribution in [2.24, 2.45) is 0 Å². The van der Waals surface area contributed by atoms with Crippen LogP contribution in [-0.2, 0) is 5.41 Å². The average Bonchev–Trinajstić information content (AvgIpc) is 2.73. The molecular formula is C20H16S. The Bertz CT molecular complexity index is 823. The summed E-state index contributed by atoms with van der Waals surface area (Å²) in [4.78, 5) is 0. The van der Waals surface area contributed by atoms with Gasteiger partial charge in [0.25, 0.3) is 0 Å². The van der Waals surface area contributed by atoms with E-state index in [0.29, 0.717) is 0 Å². The van der Waals surface area contributed by atoms with E-state index in [-0.39, 0.29) is 5.41 Å². The molecule has 1 aliphatic carbocycles. The van der Waals surface area contributed by atoms with E-state index in [2.05, 4.69) is 61.3 Å². The standard InChI is InChI=1S/C20H16S/c1-5-14-6-8-16-17-9-7-15(10-11-21-4)13-19(17)20(2,3)18(16)12-14/h1,6-9,12-13H,2-4H3. The molecule has 0 saturated carbocycles. The molecule has 0 radical (unpaired) electrons. The molecule has 1 aliphatic rings. The van der Waals surface area contributed by atoms with Gasteiger partial charge in [0.1, 0.15) is 0 Å². The van der Waals surface area contributed by atoms with Crippen LogP contribution in [0.2, 0.25) is 0 Å². The van der Waals surface area contributed by atoms with Crippen molar-refractivity contribution in [1.29, 1.82) is 0 Å². The van der Waals surface area contributed by atoms with E-state index in [1.165, 1.54) is 34.0 Å². The fourth-order valence-corrected chi connectivity index (χ4v) is 3.23. The monoisotopic (exact) mass is 288 g/mol. The van der Waals surface area contributed by atoms with Gasteiger partial charge in [-0.15, -0.1) is 6.42 Å². The van der Waals surface area contributed by atoms with Crippen molar-refractivity contribution in [3.05, 3.63) is 58.7 Å². The third-order valence-electron chi connectivity index (χ3n) is 4.14. The highest BCUT2D eigenvalue weighted by Crippen LogP contribution is 2.48. The van der Waals surface area contributed by atoms with E-state index >= 15 is 0 Å². The lowest BCUT2D eigenvalue weighted by Gasteiger charge is -2.21. The van der Waals surface area contributed by atoms with Gasteiger partial charge >= 0.3 is 0 Å². The second-order valence-electron chi connectivity index (χ2n) is 5.72. The van der Waals surface area contributed by atoms with Crippen LogP contribution in [0.4, 0.5) is 0 Å². The largest absolute Gasteiger partial charge is 0.115 e. The van der Waals surface area contributed by atoms with E-state index in [0.717, 1.165) is 11.1 Å². The highest BCUT2D eigenvalue weighted by atomic mass is 32.2. The van der Waals surface area contributed by atoms with Gasteiger partial charge in [-0.05, 0) is 58.0 Å². The molecule has 0 N–H and O–H groups in total. The fraction of sp³-hybridized carbons (Fsp3) is 0.200. The molecule has 0 fully saturated rings. The number of rotatable bonds is 0. The Morgan fingerprint density at radius 1 is 0.952 bits per heavy atom.